The fraction of sp³-hybridized carbons (Fsp3) is 0.636. The maximum atomic E-state index is 10.9. The highest BCUT2D eigenvalue weighted by atomic mass is 16.6. The highest BCUT2D eigenvalue weighted by Crippen LogP contribution is 2.25. The highest BCUT2D eigenvalue weighted by Gasteiger charge is 2.21. The third kappa shape index (κ3) is 3.75. The average molecular weight is 268 g/mol. The summed E-state index contributed by atoms with van der Waals surface area (Å²) in [6.07, 6.45) is 3.13. The third-order valence-corrected chi connectivity index (χ3v) is 3.22. The molecule has 0 saturated carbocycles. The van der Waals surface area contributed by atoms with E-state index in [1.807, 2.05) is 6.92 Å². The van der Waals surface area contributed by atoms with Crippen molar-refractivity contribution >= 4 is 17.5 Å². The molecule has 4 N–H and O–H groups in total. The molecule has 0 fully saturated rings. The van der Waals surface area contributed by atoms with E-state index in [0.29, 0.717) is 5.92 Å². The van der Waals surface area contributed by atoms with Gasteiger partial charge in [-0.2, -0.15) is 4.98 Å². The molecule has 1 heterocycles. The third-order valence-electron chi connectivity index (χ3n) is 3.22. The second-order valence-corrected chi connectivity index (χ2v) is 4.34. The first-order valence-electron chi connectivity index (χ1n) is 6.28. The van der Waals surface area contributed by atoms with Gasteiger partial charge >= 0.3 is 5.69 Å². The number of nitrogens with zero attached hydrogens (tertiary/aromatic N) is 3. The Hall–Kier alpha value is -1.96. The predicted octanol–water partition coefficient (Wildman–Crippen LogP) is 1.91. The fourth-order valence-corrected chi connectivity index (χ4v) is 2.01. The number of hydrogen-bond acceptors (Lipinski definition) is 7. The minimum atomic E-state index is -0.512. The maximum Gasteiger partial charge on any atom is 0.329 e. The van der Waals surface area contributed by atoms with Gasteiger partial charge in [-0.3, -0.25) is 15.5 Å². The van der Waals surface area contributed by atoms with Crippen LogP contribution in [0.25, 0.3) is 0 Å². The van der Waals surface area contributed by atoms with Crippen molar-refractivity contribution in [1.29, 1.82) is 0 Å². The molecular weight excluding hydrogens is 248 g/mol. The number of rotatable bonds is 7. The van der Waals surface area contributed by atoms with Crippen molar-refractivity contribution < 1.29 is 4.92 Å². The van der Waals surface area contributed by atoms with Crippen molar-refractivity contribution in [3.8, 4) is 0 Å². The van der Waals surface area contributed by atoms with E-state index in [0.717, 1.165) is 19.0 Å². The van der Waals surface area contributed by atoms with Crippen LogP contribution in [0.3, 0.4) is 0 Å². The monoisotopic (exact) mass is 268 g/mol. The van der Waals surface area contributed by atoms with Crippen LogP contribution < -0.4 is 16.6 Å². The number of nitrogen functional groups attached to an aromatic ring is 1. The topological polar surface area (TPSA) is 119 Å². The molecule has 0 bridgehead atoms. The molecule has 106 valence electrons. The van der Waals surface area contributed by atoms with Crippen molar-refractivity contribution in [2.45, 2.75) is 39.7 Å². The van der Waals surface area contributed by atoms with Gasteiger partial charge in [-0.1, -0.05) is 26.7 Å². The minimum absolute atomic E-state index is 0.0780. The summed E-state index contributed by atoms with van der Waals surface area (Å²) in [7, 11) is 0. The molecule has 0 aliphatic heterocycles. The van der Waals surface area contributed by atoms with E-state index in [4.69, 9.17) is 5.84 Å². The summed E-state index contributed by atoms with van der Waals surface area (Å²) < 4.78 is 0. The molecule has 8 heteroatoms. The summed E-state index contributed by atoms with van der Waals surface area (Å²) in [5.74, 6) is 5.97. The molecule has 1 aromatic rings. The number of hydrogen-bond donors (Lipinski definition) is 3. The van der Waals surface area contributed by atoms with Gasteiger partial charge in [-0.05, 0) is 12.8 Å². The molecule has 0 aromatic carbocycles. The summed E-state index contributed by atoms with van der Waals surface area (Å²) >= 11 is 0. The van der Waals surface area contributed by atoms with E-state index in [9.17, 15) is 10.1 Å². The SMILES string of the molecule is CCC(CC)C(C)Nc1nc(NN)ncc1[N+](=O)[O-]. The first-order chi connectivity index (χ1) is 9.03. The van der Waals surface area contributed by atoms with Gasteiger partial charge in [0.05, 0.1) is 4.92 Å². The zero-order chi connectivity index (χ0) is 14.4. The van der Waals surface area contributed by atoms with Gasteiger partial charge in [0.1, 0.15) is 6.20 Å². The molecule has 1 atom stereocenters. The molecule has 1 aromatic heterocycles. The first-order valence-corrected chi connectivity index (χ1v) is 6.28. The van der Waals surface area contributed by atoms with Gasteiger partial charge in [0.2, 0.25) is 11.8 Å². The van der Waals surface area contributed by atoms with Crippen molar-refractivity contribution in [3.05, 3.63) is 16.3 Å². The van der Waals surface area contributed by atoms with Crippen molar-refractivity contribution in [1.82, 2.24) is 9.97 Å². The van der Waals surface area contributed by atoms with Crippen LogP contribution in [-0.2, 0) is 0 Å². The summed E-state index contributed by atoms with van der Waals surface area (Å²) in [6.45, 7) is 6.17. The quantitative estimate of drug-likeness (QED) is 0.392. The average Bonchev–Trinajstić information content (AvgIpc) is 2.39. The lowest BCUT2D eigenvalue weighted by Gasteiger charge is -2.22. The Balaban J connectivity index is 3.00. The lowest BCUT2D eigenvalue weighted by molar-refractivity contribution is -0.384. The largest absolute Gasteiger partial charge is 0.361 e. The molecule has 0 amide bonds. The predicted molar refractivity (Wildman–Crippen MR) is 73.7 cm³/mol. The lowest BCUT2D eigenvalue weighted by Crippen LogP contribution is -2.26. The minimum Gasteiger partial charge on any atom is -0.361 e. The van der Waals surface area contributed by atoms with E-state index >= 15 is 0 Å². The molecule has 0 spiro atoms. The molecule has 0 radical (unpaired) electrons. The van der Waals surface area contributed by atoms with Gasteiger partial charge in [-0.15, -0.1) is 0 Å². The first kappa shape index (κ1) is 15.1. The molecule has 8 nitrogen and oxygen atoms in total. The van der Waals surface area contributed by atoms with E-state index in [1.54, 1.807) is 0 Å². The summed E-state index contributed by atoms with van der Waals surface area (Å²) in [5, 5.41) is 14.0. The molecule has 19 heavy (non-hydrogen) atoms. The van der Waals surface area contributed by atoms with E-state index in [2.05, 4.69) is 34.6 Å². The summed E-state index contributed by atoms with van der Waals surface area (Å²) in [5.41, 5.74) is 2.12. The zero-order valence-corrected chi connectivity index (χ0v) is 11.4. The Kier molecular flexibility index (Phi) is 5.43. The van der Waals surface area contributed by atoms with Crippen LogP contribution in [0.4, 0.5) is 17.5 Å². The second kappa shape index (κ2) is 6.83. The molecule has 0 aliphatic rings. The number of anilines is 2. The van der Waals surface area contributed by atoms with Gasteiger partial charge in [-0.25, -0.2) is 10.8 Å². The fourth-order valence-electron chi connectivity index (χ4n) is 2.01. The number of nitrogens with two attached hydrogens (primary N) is 1. The molecule has 1 rings (SSSR count). The second-order valence-electron chi connectivity index (χ2n) is 4.34. The van der Waals surface area contributed by atoms with Crippen LogP contribution in [0.1, 0.15) is 33.6 Å². The Labute approximate surface area is 111 Å². The number of nitrogens with one attached hydrogen (secondary N) is 2. The Morgan fingerprint density at radius 3 is 2.58 bits per heavy atom. The van der Waals surface area contributed by atoms with Crippen LogP contribution >= 0.6 is 0 Å². The number of aromatic nitrogens is 2. The van der Waals surface area contributed by atoms with Crippen LogP contribution in [0.5, 0.6) is 0 Å². The van der Waals surface area contributed by atoms with E-state index < -0.39 is 4.92 Å². The highest BCUT2D eigenvalue weighted by molar-refractivity contribution is 5.57. The molecule has 0 saturated heterocycles. The Morgan fingerprint density at radius 2 is 2.11 bits per heavy atom. The van der Waals surface area contributed by atoms with Gasteiger partial charge in [0.15, 0.2) is 0 Å². The van der Waals surface area contributed by atoms with Crippen LogP contribution in [0.15, 0.2) is 6.20 Å². The Morgan fingerprint density at radius 1 is 1.47 bits per heavy atom. The van der Waals surface area contributed by atoms with Crippen molar-refractivity contribution in [2.75, 3.05) is 10.7 Å². The van der Waals surface area contributed by atoms with Crippen molar-refractivity contribution in [3.63, 3.8) is 0 Å². The smallest absolute Gasteiger partial charge is 0.329 e. The number of hydrazine groups is 1. The molecular formula is C11H20N6O2. The van der Waals surface area contributed by atoms with Gasteiger partial charge in [0.25, 0.3) is 0 Å². The lowest BCUT2D eigenvalue weighted by atomic mass is 9.95. The van der Waals surface area contributed by atoms with E-state index in [1.165, 1.54) is 0 Å². The van der Waals surface area contributed by atoms with Crippen LogP contribution in [0.2, 0.25) is 0 Å². The maximum absolute atomic E-state index is 10.9. The van der Waals surface area contributed by atoms with Gasteiger partial charge in [0, 0.05) is 6.04 Å². The number of nitro groups is 1. The van der Waals surface area contributed by atoms with Crippen LogP contribution in [-0.4, -0.2) is 20.9 Å². The van der Waals surface area contributed by atoms with Crippen LogP contribution in [0, 0.1) is 16.0 Å². The summed E-state index contributed by atoms with van der Waals surface area (Å²) in [6, 6.07) is 0.0780. The zero-order valence-electron chi connectivity index (χ0n) is 11.4. The Bertz CT molecular complexity index is 435. The molecule has 0 aliphatic carbocycles. The van der Waals surface area contributed by atoms with E-state index in [-0.39, 0.29) is 23.5 Å². The molecule has 1 unspecified atom stereocenters. The normalized spacial score (nSPS) is 12.3. The summed E-state index contributed by atoms with van der Waals surface area (Å²) in [4.78, 5) is 18.2. The van der Waals surface area contributed by atoms with Gasteiger partial charge < -0.3 is 5.32 Å². The standard InChI is InChI=1S/C11H20N6O2/c1-4-8(5-2)7(3)14-10-9(17(18)19)6-13-11(15-10)16-12/h6-8H,4-5,12H2,1-3H3,(H2,13,14,15,16). The van der Waals surface area contributed by atoms with Crippen molar-refractivity contribution in [2.24, 2.45) is 11.8 Å².